The summed E-state index contributed by atoms with van der Waals surface area (Å²) in [5.41, 5.74) is 5.23. The van der Waals surface area contributed by atoms with Crippen molar-refractivity contribution in [2.24, 2.45) is 0 Å². The molecule has 0 saturated heterocycles. The summed E-state index contributed by atoms with van der Waals surface area (Å²) in [5, 5.41) is 6.36. The average Bonchev–Trinajstić information content (AvgIpc) is 2.68. The zero-order valence-electron chi connectivity index (χ0n) is 15.4. The highest BCUT2D eigenvalue weighted by Gasteiger charge is 2.09. The first-order chi connectivity index (χ1) is 12.7. The predicted molar refractivity (Wildman–Crippen MR) is 106 cm³/mol. The summed E-state index contributed by atoms with van der Waals surface area (Å²) in [6.45, 7) is 3.45. The standard InChI is InChI=1S/C22H27N3O/c1-17-7-5-6-10-19(17)16-25-22(26)21-15-20(12-14-24-21)23-13-11-18-8-3-2-4-9-18/h5-8,10,12,14-15H,2-4,9,11,13,16H2,1H3,(H,23,24)(H,25,26). The predicted octanol–water partition coefficient (Wildman–Crippen LogP) is 4.62. The summed E-state index contributed by atoms with van der Waals surface area (Å²) < 4.78 is 0. The Morgan fingerprint density at radius 3 is 2.88 bits per heavy atom. The normalized spacial score (nSPS) is 13.8. The van der Waals surface area contributed by atoms with Gasteiger partial charge in [0.15, 0.2) is 0 Å². The Bertz CT molecular complexity index is 782. The van der Waals surface area contributed by atoms with Gasteiger partial charge in [-0.2, -0.15) is 0 Å². The molecular formula is C22H27N3O. The summed E-state index contributed by atoms with van der Waals surface area (Å²) in [7, 11) is 0. The van der Waals surface area contributed by atoms with Crippen molar-refractivity contribution in [1.82, 2.24) is 10.3 Å². The van der Waals surface area contributed by atoms with Crippen molar-refractivity contribution in [3.05, 3.63) is 71.1 Å². The first-order valence-corrected chi connectivity index (χ1v) is 9.43. The van der Waals surface area contributed by atoms with Crippen LogP contribution in [0.15, 0.2) is 54.2 Å². The van der Waals surface area contributed by atoms with E-state index in [4.69, 9.17) is 0 Å². The number of anilines is 1. The van der Waals surface area contributed by atoms with E-state index in [0.29, 0.717) is 12.2 Å². The van der Waals surface area contributed by atoms with E-state index in [1.807, 2.05) is 43.3 Å². The number of benzene rings is 1. The third-order valence-corrected chi connectivity index (χ3v) is 4.85. The topological polar surface area (TPSA) is 54.0 Å². The third kappa shape index (κ3) is 5.19. The minimum Gasteiger partial charge on any atom is -0.385 e. The molecule has 4 heteroatoms. The van der Waals surface area contributed by atoms with Crippen molar-refractivity contribution in [3.63, 3.8) is 0 Å². The average molecular weight is 349 g/mol. The summed E-state index contributed by atoms with van der Waals surface area (Å²) >= 11 is 0. The van der Waals surface area contributed by atoms with E-state index in [1.165, 1.54) is 31.2 Å². The summed E-state index contributed by atoms with van der Waals surface area (Å²) in [5.74, 6) is -0.146. The molecule has 26 heavy (non-hydrogen) atoms. The van der Waals surface area contributed by atoms with Gasteiger partial charge >= 0.3 is 0 Å². The number of aromatic nitrogens is 1. The lowest BCUT2D eigenvalue weighted by atomic mass is 9.97. The fraction of sp³-hybridized carbons (Fsp3) is 0.364. The fourth-order valence-corrected chi connectivity index (χ4v) is 3.24. The Morgan fingerprint density at radius 1 is 1.19 bits per heavy atom. The summed E-state index contributed by atoms with van der Waals surface area (Å²) in [6, 6.07) is 11.8. The highest BCUT2D eigenvalue weighted by atomic mass is 16.1. The maximum atomic E-state index is 12.4. The van der Waals surface area contributed by atoms with Crippen LogP contribution in [0.25, 0.3) is 0 Å². The van der Waals surface area contributed by atoms with Gasteiger partial charge in [0.2, 0.25) is 0 Å². The Morgan fingerprint density at radius 2 is 2.08 bits per heavy atom. The number of amides is 1. The molecule has 0 atom stereocenters. The second kappa shape index (κ2) is 9.18. The van der Waals surface area contributed by atoms with Gasteiger partial charge in [0.1, 0.15) is 5.69 Å². The lowest BCUT2D eigenvalue weighted by molar-refractivity contribution is 0.0946. The van der Waals surface area contributed by atoms with Crippen LogP contribution in [-0.4, -0.2) is 17.4 Å². The number of allylic oxidation sites excluding steroid dienone is 1. The van der Waals surface area contributed by atoms with Gasteiger partial charge in [0.05, 0.1) is 0 Å². The lowest BCUT2D eigenvalue weighted by Crippen LogP contribution is -2.24. The largest absolute Gasteiger partial charge is 0.385 e. The molecule has 0 fully saturated rings. The second-order valence-corrected chi connectivity index (χ2v) is 6.82. The van der Waals surface area contributed by atoms with Crippen molar-refractivity contribution in [2.75, 3.05) is 11.9 Å². The van der Waals surface area contributed by atoms with Gasteiger partial charge in [0, 0.05) is 25.0 Å². The van der Waals surface area contributed by atoms with Crippen molar-refractivity contribution in [3.8, 4) is 0 Å². The fourth-order valence-electron chi connectivity index (χ4n) is 3.24. The van der Waals surface area contributed by atoms with Crippen LogP contribution >= 0.6 is 0 Å². The number of hydrogen-bond acceptors (Lipinski definition) is 3. The van der Waals surface area contributed by atoms with Crippen molar-refractivity contribution < 1.29 is 4.79 Å². The molecule has 4 nitrogen and oxygen atoms in total. The van der Waals surface area contributed by atoms with Gasteiger partial charge in [-0.1, -0.05) is 35.9 Å². The van der Waals surface area contributed by atoms with Crippen molar-refractivity contribution >= 4 is 11.6 Å². The molecule has 1 aromatic carbocycles. The first-order valence-electron chi connectivity index (χ1n) is 9.43. The Hall–Kier alpha value is -2.62. The van der Waals surface area contributed by atoms with Crippen LogP contribution < -0.4 is 10.6 Å². The molecule has 0 aliphatic heterocycles. The van der Waals surface area contributed by atoms with Gasteiger partial charge < -0.3 is 10.6 Å². The third-order valence-electron chi connectivity index (χ3n) is 4.85. The van der Waals surface area contributed by atoms with E-state index in [-0.39, 0.29) is 5.91 Å². The summed E-state index contributed by atoms with van der Waals surface area (Å²) in [6.07, 6.45) is 10.2. The highest BCUT2D eigenvalue weighted by molar-refractivity contribution is 5.93. The van der Waals surface area contributed by atoms with E-state index in [2.05, 4.69) is 21.7 Å². The monoisotopic (exact) mass is 349 g/mol. The van der Waals surface area contributed by atoms with Crippen LogP contribution in [0, 0.1) is 6.92 Å². The Balaban J connectivity index is 1.52. The number of rotatable bonds is 7. The molecule has 1 amide bonds. The minimum atomic E-state index is -0.146. The van der Waals surface area contributed by atoms with Crippen LogP contribution in [0.2, 0.25) is 0 Å². The van der Waals surface area contributed by atoms with Crippen LogP contribution in [0.4, 0.5) is 5.69 Å². The molecule has 2 aromatic rings. The van der Waals surface area contributed by atoms with E-state index in [1.54, 1.807) is 11.8 Å². The smallest absolute Gasteiger partial charge is 0.270 e. The molecule has 0 bridgehead atoms. The molecule has 0 radical (unpaired) electrons. The Labute approximate surface area is 155 Å². The molecule has 3 rings (SSSR count). The molecule has 0 saturated carbocycles. The number of carbonyl (C=O) groups excluding carboxylic acids is 1. The number of pyridine rings is 1. The van der Waals surface area contributed by atoms with E-state index in [0.717, 1.165) is 24.2 Å². The summed E-state index contributed by atoms with van der Waals surface area (Å²) in [4.78, 5) is 16.6. The molecular weight excluding hydrogens is 322 g/mol. The van der Waals surface area contributed by atoms with Gasteiger partial charge in [-0.25, -0.2) is 0 Å². The number of hydrogen-bond donors (Lipinski definition) is 2. The first kappa shape index (κ1) is 18.2. The van der Waals surface area contributed by atoms with Crippen LogP contribution in [0.3, 0.4) is 0 Å². The molecule has 1 aromatic heterocycles. The quantitative estimate of drug-likeness (QED) is 0.717. The minimum absolute atomic E-state index is 0.146. The zero-order chi connectivity index (χ0) is 18.2. The molecule has 0 spiro atoms. The van der Waals surface area contributed by atoms with Crippen LogP contribution in [0.5, 0.6) is 0 Å². The van der Waals surface area contributed by atoms with Crippen LogP contribution in [0.1, 0.15) is 53.7 Å². The molecule has 0 unspecified atom stereocenters. The highest BCUT2D eigenvalue weighted by Crippen LogP contribution is 2.20. The van der Waals surface area contributed by atoms with E-state index < -0.39 is 0 Å². The SMILES string of the molecule is Cc1ccccc1CNC(=O)c1cc(NCCC2=CCCCC2)ccn1. The second-order valence-electron chi connectivity index (χ2n) is 6.82. The number of nitrogens with zero attached hydrogens (tertiary/aromatic N) is 1. The molecule has 2 N–H and O–H groups in total. The van der Waals surface area contributed by atoms with E-state index >= 15 is 0 Å². The molecule has 136 valence electrons. The van der Waals surface area contributed by atoms with Gasteiger partial charge in [0.25, 0.3) is 5.91 Å². The molecule has 1 aliphatic rings. The van der Waals surface area contributed by atoms with Gasteiger partial charge in [-0.05, 0) is 62.3 Å². The number of carbonyl (C=O) groups is 1. The molecule has 1 aliphatic carbocycles. The maximum absolute atomic E-state index is 12.4. The van der Waals surface area contributed by atoms with E-state index in [9.17, 15) is 4.79 Å². The van der Waals surface area contributed by atoms with Crippen molar-refractivity contribution in [2.45, 2.75) is 45.6 Å². The maximum Gasteiger partial charge on any atom is 0.270 e. The Kier molecular flexibility index (Phi) is 6.42. The molecule has 1 heterocycles. The number of nitrogens with one attached hydrogen (secondary N) is 2. The van der Waals surface area contributed by atoms with Crippen LogP contribution in [-0.2, 0) is 6.54 Å². The van der Waals surface area contributed by atoms with Crippen molar-refractivity contribution in [1.29, 1.82) is 0 Å². The zero-order valence-corrected chi connectivity index (χ0v) is 15.4. The number of aryl methyl sites for hydroxylation is 1. The van der Waals surface area contributed by atoms with Gasteiger partial charge in [-0.15, -0.1) is 0 Å². The lowest BCUT2D eigenvalue weighted by Gasteiger charge is -2.13. The van der Waals surface area contributed by atoms with Gasteiger partial charge in [-0.3, -0.25) is 9.78 Å².